The molecule has 0 radical (unpaired) electrons. The monoisotopic (exact) mass is 291 g/mol. The van der Waals surface area contributed by atoms with Gasteiger partial charge in [0, 0.05) is 25.2 Å². The predicted molar refractivity (Wildman–Crippen MR) is 79.8 cm³/mol. The maximum absolute atomic E-state index is 12.3. The van der Waals surface area contributed by atoms with Gasteiger partial charge >= 0.3 is 0 Å². The van der Waals surface area contributed by atoms with Crippen molar-refractivity contribution >= 4 is 11.6 Å². The second kappa shape index (κ2) is 7.17. The molecule has 21 heavy (non-hydrogen) atoms. The Hall–Kier alpha value is -1.95. The molecule has 1 amide bonds. The zero-order valence-corrected chi connectivity index (χ0v) is 12.0. The predicted octanol–water partition coefficient (Wildman–Crippen LogP) is 1.72. The highest BCUT2D eigenvalue weighted by molar-refractivity contribution is 5.79. The normalized spacial score (nSPS) is 18.5. The second-order valence-corrected chi connectivity index (χ2v) is 5.53. The van der Waals surface area contributed by atoms with Gasteiger partial charge in [-0.1, -0.05) is 12.1 Å². The molecule has 2 N–H and O–H groups in total. The van der Waals surface area contributed by atoms with Gasteiger partial charge < -0.3 is 10.6 Å². The maximum atomic E-state index is 12.3. The minimum atomic E-state index is -0.438. The van der Waals surface area contributed by atoms with Gasteiger partial charge in [-0.3, -0.25) is 14.9 Å². The van der Waals surface area contributed by atoms with Crippen molar-refractivity contribution < 1.29 is 9.72 Å². The van der Waals surface area contributed by atoms with Crippen molar-refractivity contribution in [1.82, 2.24) is 4.90 Å². The van der Waals surface area contributed by atoms with Crippen LogP contribution in [0.1, 0.15) is 24.8 Å². The minimum Gasteiger partial charge on any atom is -0.342 e. The standard InChI is InChI=1S/C15H21N3O3/c16-7-6-12-4-2-8-17(11-12)15(19)10-13-3-1-5-14(9-13)18(20)21/h1,3,5,9,12H,2,4,6-8,10-11,16H2. The smallest absolute Gasteiger partial charge is 0.269 e. The van der Waals surface area contributed by atoms with E-state index in [1.54, 1.807) is 12.1 Å². The molecule has 0 spiro atoms. The van der Waals surface area contributed by atoms with Crippen LogP contribution in [0.3, 0.4) is 0 Å². The second-order valence-electron chi connectivity index (χ2n) is 5.53. The summed E-state index contributed by atoms with van der Waals surface area (Å²) < 4.78 is 0. The molecule has 6 heteroatoms. The summed E-state index contributed by atoms with van der Waals surface area (Å²) in [6.07, 6.45) is 3.29. The first-order chi connectivity index (χ1) is 10.1. The van der Waals surface area contributed by atoms with Gasteiger partial charge in [0.05, 0.1) is 11.3 Å². The molecule has 2 rings (SSSR count). The molecule has 1 unspecified atom stereocenters. The molecule has 1 aliphatic rings. The Labute approximate surface area is 124 Å². The van der Waals surface area contributed by atoms with E-state index in [0.717, 1.165) is 32.4 Å². The van der Waals surface area contributed by atoms with Crippen LogP contribution in [0.25, 0.3) is 0 Å². The summed E-state index contributed by atoms with van der Waals surface area (Å²) in [6, 6.07) is 6.28. The average Bonchev–Trinajstić information content (AvgIpc) is 2.48. The van der Waals surface area contributed by atoms with Crippen molar-refractivity contribution in [2.45, 2.75) is 25.7 Å². The van der Waals surface area contributed by atoms with Gasteiger partial charge in [-0.15, -0.1) is 0 Å². The number of hydrogen-bond acceptors (Lipinski definition) is 4. The van der Waals surface area contributed by atoms with Crippen molar-refractivity contribution in [3.63, 3.8) is 0 Å². The van der Waals surface area contributed by atoms with E-state index in [2.05, 4.69) is 0 Å². The number of benzene rings is 1. The third-order valence-corrected chi connectivity index (χ3v) is 3.92. The highest BCUT2D eigenvalue weighted by atomic mass is 16.6. The lowest BCUT2D eigenvalue weighted by molar-refractivity contribution is -0.384. The van der Waals surface area contributed by atoms with Crippen molar-refractivity contribution in [2.75, 3.05) is 19.6 Å². The van der Waals surface area contributed by atoms with Gasteiger partial charge in [0.25, 0.3) is 5.69 Å². The molecule has 0 saturated carbocycles. The number of nitrogens with two attached hydrogens (primary N) is 1. The van der Waals surface area contributed by atoms with Crippen molar-refractivity contribution in [3.05, 3.63) is 39.9 Å². The van der Waals surface area contributed by atoms with Crippen LogP contribution in [0.15, 0.2) is 24.3 Å². The molecule has 1 heterocycles. The molecule has 0 aromatic heterocycles. The Bertz CT molecular complexity index is 517. The van der Waals surface area contributed by atoms with Crippen molar-refractivity contribution in [3.8, 4) is 0 Å². The lowest BCUT2D eigenvalue weighted by Gasteiger charge is -2.32. The summed E-state index contributed by atoms with van der Waals surface area (Å²) in [5.41, 5.74) is 6.30. The summed E-state index contributed by atoms with van der Waals surface area (Å²) >= 11 is 0. The number of carbonyl (C=O) groups is 1. The topological polar surface area (TPSA) is 89.5 Å². The number of rotatable bonds is 5. The van der Waals surface area contributed by atoms with E-state index in [-0.39, 0.29) is 18.0 Å². The number of likely N-dealkylation sites (tertiary alicyclic amines) is 1. The van der Waals surface area contributed by atoms with E-state index in [1.165, 1.54) is 12.1 Å². The van der Waals surface area contributed by atoms with Gasteiger partial charge in [-0.25, -0.2) is 0 Å². The van der Waals surface area contributed by atoms with Crippen LogP contribution >= 0.6 is 0 Å². The Morgan fingerprint density at radius 1 is 1.48 bits per heavy atom. The van der Waals surface area contributed by atoms with Gasteiger partial charge in [0.1, 0.15) is 0 Å². The minimum absolute atomic E-state index is 0.0277. The summed E-state index contributed by atoms with van der Waals surface area (Å²) in [5, 5.41) is 10.8. The SMILES string of the molecule is NCCC1CCCN(C(=O)Cc2cccc([N+](=O)[O-])c2)C1. The fraction of sp³-hybridized carbons (Fsp3) is 0.533. The molecule has 1 atom stereocenters. The number of nitro groups is 1. The lowest BCUT2D eigenvalue weighted by atomic mass is 9.94. The highest BCUT2D eigenvalue weighted by Crippen LogP contribution is 2.20. The molecule has 6 nitrogen and oxygen atoms in total. The first kappa shape index (κ1) is 15.4. The third-order valence-electron chi connectivity index (χ3n) is 3.92. The first-order valence-electron chi connectivity index (χ1n) is 7.31. The number of non-ortho nitro benzene ring substituents is 1. The summed E-state index contributed by atoms with van der Waals surface area (Å²) in [7, 11) is 0. The Balaban J connectivity index is 1.97. The van der Waals surface area contributed by atoms with Crippen LogP contribution in [0.2, 0.25) is 0 Å². The Morgan fingerprint density at radius 2 is 2.29 bits per heavy atom. The molecule has 1 aromatic carbocycles. The van der Waals surface area contributed by atoms with E-state index in [1.807, 2.05) is 4.90 Å². The van der Waals surface area contributed by atoms with Gasteiger partial charge in [0.15, 0.2) is 0 Å². The summed E-state index contributed by atoms with van der Waals surface area (Å²) in [5.74, 6) is 0.523. The molecular formula is C15H21N3O3. The number of nitro benzene ring substituents is 1. The van der Waals surface area contributed by atoms with E-state index >= 15 is 0 Å². The van der Waals surface area contributed by atoms with E-state index < -0.39 is 4.92 Å². The number of nitrogens with zero attached hydrogens (tertiary/aromatic N) is 2. The van der Waals surface area contributed by atoms with E-state index in [4.69, 9.17) is 5.73 Å². The largest absolute Gasteiger partial charge is 0.342 e. The maximum Gasteiger partial charge on any atom is 0.269 e. The van der Waals surface area contributed by atoms with E-state index in [0.29, 0.717) is 18.0 Å². The molecule has 0 aliphatic carbocycles. The van der Waals surface area contributed by atoms with Crippen LogP contribution in [0.5, 0.6) is 0 Å². The number of carbonyl (C=O) groups excluding carboxylic acids is 1. The molecule has 1 aliphatic heterocycles. The van der Waals surface area contributed by atoms with Gasteiger partial charge in [0.2, 0.25) is 5.91 Å². The Kier molecular flexibility index (Phi) is 5.27. The van der Waals surface area contributed by atoms with Crippen LogP contribution < -0.4 is 5.73 Å². The van der Waals surface area contributed by atoms with Crippen LogP contribution in [0, 0.1) is 16.0 Å². The first-order valence-corrected chi connectivity index (χ1v) is 7.31. The van der Waals surface area contributed by atoms with Crippen molar-refractivity contribution in [2.24, 2.45) is 11.7 Å². The zero-order valence-electron chi connectivity index (χ0n) is 12.0. The summed E-state index contributed by atoms with van der Waals surface area (Å²) in [6.45, 7) is 2.18. The average molecular weight is 291 g/mol. The fourth-order valence-electron chi connectivity index (χ4n) is 2.83. The number of amides is 1. The highest BCUT2D eigenvalue weighted by Gasteiger charge is 2.23. The quantitative estimate of drug-likeness (QED) is 0.660. The van der Waals surface area contributed by atoms with Gasteiger partial charge in [-0.2, -0.15) is 0 Å². The third kappa shape index (κ3) is 4.26. The van der Waals surface area contributed by atoms with Crippen LogP contribution in [-0.2, 0) is 11.2 Å². The van der Waals surface area contributed by atoms with Gasteiger partial charge in [-0.05, 0) is 37.3 Å². The molecular weight excluding hydrogens is 270 g/mol. The zero-order chi connectivity index (χ0) is 15.2. The van der Waals surface area contributed by atoms with E-state index in [9.17, 15) is 14.9 Å². The molecule has 1 saturated heterocycles. The number of piperidine rings is 1. The molecule has 1 aromatic rings. The molecule has 0 bridgehead atoms. The molecule has 1 fully saturated rings. The lowest BCUT2D eigenvalue weighted by Crippen LogP contribution is -2.41. The van der Waals surface area contributed by atoms with Crippen molar-refractivity contribution in [1.29, 1.82) is 0 Å². The van der Waals surface area contributed by atoms with Crippen LogP contribution in [0.4, 0.5) is 5.69 Å². The molecule has 114 valence electrons. The fourth-order valence-corrected chi connectivity index (χ4v) is 2.83. The Morgan fingerprint density at radius 3 is 3.00 bits per heavy atom. The van der Waals surface area contributed by atoms with Crippen LogP contribution in [-0.4, -0.2) is 35.4 Å². The summed E-state index contributed by atoms with van der Waals surface area (Å²) in [4.78, 5) is 24.5. The number of hydrogen-bond donors (Lipinski definition) is 1.